The molecule has 3 aromatic rings. The summed E-state index contributed by atoms with van der Waals surface area (Å²) in [6.45, 7) is 2.43. The van der Waals surface area contributed by atoms with Gasteiger partial charge in [0.25, 0.3) is 0 Å². The van der Waals surface area contributed by atoms with Gasteiger partial charge in [-0.1, -0.05) is 11.6 Å². The van der Waals surface area contributed by atoms with Gasteiger partial charge in [-0.25, -0.2) is 0 Å². The molecule has 0 amide bonds. The molecule has 0 aliphatic heterocycles. The van der Waals surface area contributed by atoms with E-state index in [1.54, 1.807) is 48.5 Å². The van der Waals surface area contributed by atoms with Gasteiger partial charge in [0.2, 0.25) is 17.6 Å². The molecule has 144 valence electrons. The van der Waals surface area contributed by atoms with Gasteiger partial charge >= 0.3 is 5.69 Å². The molecule has 0 fully saturated rings. The highest BCUT2D eigenvalue weighted by Crippen LogP contribution is 2.32. The van der Waals surface area contributed by atoms with E-state index in [1.165, 1.54) is 0 Å². The highest BCUT2D eigenvalue weighted by Gasteiger charge is 2.23. The highest BCUT2D eigenvalue weighted by atomic mass is 35.5. The number of hydrogen-bond acceptors (Lipinski definition) is 8. The summed E-state index contributed by atoms with van der Waals surface area (Å²) in [5.74, 6) is 0.511. The lowest BCUT2D eigenvalue weighted by molar-refractivity contribution is -0.383. The molecule has 0 radical (unpaired) electrons. The van der Waals surface area contributed by atoms with Crippen LogP contribution in [0.5, 0.6) is 5.75 Å². The van der Waals surface area contributed by atoms with Crippen molar-refractivity contribution in [2.75, 3.05) is 23.0 Å². The number of aromatic nitrogens is 2. The molecule has 1 aromatic heterocycles. The minimum Gasteiger partial charge on any atom is -0.494 e. The summed E-state index contributed by atoms with van der Waals surface area (Å²) in [6, 6.07) is 13.8. The van der Waals surface area contributed by atoms with Crippen molar-refractivity contribution in [3.05, 3.63) is 63.7 Å². The molecule has 10 heteroatoms. The first-order chi connectivity index (χ1) is 13.5. The summed E-state index contributed by atoms with van der Waals surface area (Å²) in [7, 11) is 0. The summed E-state index contributed by atoms with van der Waals surface area (Å²) in [5, 5.41) is 17.9. The summed E-state index contributed by atoms with van der Waals surface area (Å²) >= 11 is 5.87. The van der Waals surface area contributed by atoms with Crippen molar-refractivity contribution < 1.29 is 9.66 Å². The first kappa shape index (κ1) is 19.2. The second-order valence-electron chi connectivity index (χ2n) is 5.60. The number of hydrogen-bond donors (Lipinski definition) is 3. The van der Waals surface area contributed by atoms with E-state index in [-0.39, 0.29) is 17.6 Å². The van der Waals surface area contributed by atoms with Crippen LogP contribution in [0.15, 0.2) is 48.5 Å². The van der Waals surface area contributed by atoms with Gasteiger partial charge < -0.3 is 21.1 Å². The van der Waals surface area contributed by atoms with E-state index in [0.29, 0.717) is 28.8 Å². The van der Waals surface area contributed by atoms with Gasteiger partial charge in [-0.3, -0.25) is 10.1 Å². The fourth-order valence-corrected chi connectivity index (χ4v) is 2.52. The van der Waals surface area contributed by atoms with Crippen LogP contribution in [0, 0.1) is 10.1 Å². The van der Waals surface area contributed by atoms with E-state index in [2.05, 4.69) is 20.6 Å². The van der Waals surface area contributed by atoms with Crippen molar-refractivity contribution in [2.45, 2.75) is 6.92 Å². The summed E-state index contributed by atoms with van der Waals surface area (Å²) in [4.78, 5) is 19.0. The zero-order chi connectivity index (χ0) is 20.1. The summed E-state index contributed by atoms with van der Waals surface area (Å²) < 4.78 is 5.38. The number of nitrogens with two attached hydrogens (primary N) is 1. The topological polar surface area (TPSA) is 128 Å². The number of nitrogen functional groups attached to an aromatic ring is 1. The molecule has 3 rings (SSSR count). The molecule has 0 saturated carbocycles. The van der Waals surface area contributed by atoms with Gasteiger partial charge in [0.15, 0.2) is 0 Å². The fraction of sp³-hybridized carbons (Fsp3) is 0.111. The van der Waals surface area contributed by atoms with Gasteiger partial charge in [0, 0.05) is 16.4 Å². The highest BCUT2D eigenvalue weighted by molar-refractivity contribution is 6.30. The number of anilines is 5. The first-order valence-electron chi connectivity index (χ1n) is 8.30. The molecule has 0 aliphatic carbocycles. The second kappa shape index (κ2) is 8.40. The third-order valence-corrected chi connectivity index (χ3v) is 3.87. The lowest BCUT2D eigenvalue weighted by Crippen LogP contribution is -2.08. The number of halogens is 1. The van der Waals surface area contributed by atoms with Gasteiger partial charge in [-0.2, -0.15) is 9.97 Å². The average Bonchev–Trinajstić information content (AvgIpc) is 2.65. The Kier molecular flexibility index (Phi) is 5.75. The largest absolute Gasteiger partial charge is 0.494 e. The fourth-order valence-electron chi connectivity index (χ4n) is 2.40. The van der Waals surface area contributed by atoms with Gasteiger partial charge in [-0.15, -0.1) is 0 Å². The van der Waals surface area contributed by atoms with Crippen LogP contribution in [0.1, 0.15) is 6.92 Å². The smallest absolute Gasteiger partial charge is 0.353 e. The maximum Gasteiger partial charge on any atom is 0.353 e. The Bertz CT molecular complexity index is 980. The monoisotopic (exact) mass is 400 g/mol. The molecule has 0 spiro atoms. The predicted octanol–water partition coefficient (Wildman–Crippen LogP) is 4.51. The van der Waals surface area contributed by atoms with Gasteiger partial charge in [0.05, 0.1) is 11.5 Å². The Hall–Kier alpha value is -3.59. The number of benzene rings is 2. The maximum atomic E-state index is 11.4. The zero-order valence-corrected chi connectivity index (χ0v) is 15.6. The van der Waals surface area contributed by atoms with Crippen LogP contribution in [0.25, 0.3) is 0 Å². The molecular weight excluding hydrogens is 384 g/mol. The zero-order valence-electron chi connectivity index (χ0n) is 14.8. The molecule has 0 bridgehead atoms. The number of nitrogens with one attached hydrogen (secondary N) is 2. The number of nitro groups is 1. The predicted molar refractivity (Wildman–Crippen MR) is 109 cm³/mol. The number of rotatable bonds is 7. The maximum absolute atomic E-state index is 11.4. The van der Waals surface area contributed by atoms with Crippen LogP contribution in [-0.4, -0.2) is 21.5 Å². The van der Waals surface area contributed by atoms with Crippen molar-refractivity contribution in [1.82, 2.24) is 9.97 Å². The Labute approximate surface area is 165 Å². The van der Waals surface area contributed by atoms with Gasteiger partial charge in [0.1, 0.15) is 5.75 Å². The summed E-state index contributed by atoms with van der Waals surface area (Å²) in [6.07, 6.45) is 0. The molecule has 9 nitrogen and oxygen atoms in total. The molecule has 0 atom stereocenters. The second-order valence-corrected chi connectivity index (χ2v) is 6.04. The molecule has 0 unspecified atom stereocenters. The summed E-state index contributed by atoms with van der Waals surface area (Å²) in [5.41, 5.74) is 6.64. The van der Waals surface area contributed by atoms with Crippen molar-refractivity contribution in [2.24, 2.45) is 0 Å². The minimum atomic E-state index is -0.627. The van der Waals surface area contributed by atoms with E-state index >= 15 is 0 Å². The third kappa shape index (κ3) is 4.57. The van der Waals surface area contributed by atoms with Crippen LogP contribution < -0.4 is 21.1 Å². The van der Waals surface area contributed by atoms with Crippen LogP contribution in [0.3, 0.4) is 0 Å². The quantitative estimate of drug-likeness (QED) is 0.390. The SMILES string of the molecule is CCOc1ccc(Nc2nc(Nc3ccc(Cl)cc3)nc(N)c2[N+](=O)[O-])cc1. The number of nitrogens with zero attached hydrogens (tertiary/aromatic N) is 3. The van der Waals surface area contributed by atoms with E-state index in [4.69, 9.17) is 22.1 Å². The molecule has 0 aliphatic rings. The molecule has 2 aromatic carbocycles. The van der Waals surface area contributed by atoms with Crippen molar-refractivity contribution in [3.63, 3.8) is 0 Å². The Morgan fingerprint density at radius 1 is 1.07 bits per heavy atom. The van der Waals surface area contributed by atoms with Crippen LogP contribution in [0.4, 0.5) is 34.6 Å². The first-order valence-corrected chi connectivity index (χ1v) is 8.68. The molecule has 4 N–H and O–H groups in total. The Morgan fingerprint density at radius 3 is 2.29 bits per heavy atom. The molecule has 1 heterocycles. The van der Waals surface area contributed by atoms with Gasteiger partial charge in [-0.05, 0) is 55.5 Å². The third-order valence-electron chi connectivity index (χ3n) is 3.62. The Morgan fingerprint density at radius 2 is 1.68 bits per heavy atom. The van der Waals surface area contributed by atoms with Crippen molar-refractivity contribution in [1.29, 1.82) is 0 Å². The van der Waals surface area contributed by atoms with E-state index in [0.717, 1.165) is 0 Å². The normalized spacial score (nSPS) is 10.4. The van der Waals surface area contributed by atoms with Crippen LogP contribution in [-0.2, 0) is 0 Å². The molecular formula is C18H17ClN6O3. The van der Waals surface area contributed by atoms with Crippen LogP contribution in [0.2, 0.25) is 5.02 Å². The van der Waals surface area contributed by atoms with E-state index in [9.17, 15) is 10.1 Å². The van der Waals surface area contributed by atoms with E-state index in [1.807, 2.05) is 6.92 Å². The van der Waals surface area contributed by atoms with Crippen molar-refractivity contribution in [3.8, 4) is 5.75 Å². The Balaban J connectivity index is 1.91. The number of ether oxygens (including phenoxy) is 1. The average molecular weight is 401 g/mol. The van der Waals surface area contributed by atoms with E-state index < -0.39 is 10.6 Å². The minimum absolute atomic E-state index is 0.0295. The van der Waals surface area contributed by atoms with Crippen molar-refractivity contribution >= 4 is 46.2 Å². The lowest BCUT2D eigenvalue weighted by atomic mass is 10.3. The molecule has 28 heavy (non-hydrogen) atoms. The molecule has 0 saturated heterocycles. The lowest BCUT2D eigenvalue weighted by Gasteiger charge is -2.11. The standard InChI is InChI=1S/C18H17ClN6O3/c1-2-28-14-9-7-12(8-10-14)21-17-15(25(26)27)16(20)23-18(24-17)22-13-5-3-11(19)4-6-13/h3-10H,2H2,1H3,(H4,20,21,22,23,24). The van der Waals surface area contributed by atoms with Crippen LogP contribution >= 0.6 is 11.6 Å².